The van der Waals surface area contributed by atoms with Crippen molar-refractivity contribution in [1.82, 2.24) is 9.66 Å². The molecule has 0 unspecified atom stereocenters. The van der Waals surface area contributed by atoms with Gasteiger partial charge in [-0.15, -0.1) is 0 Å². The van der Waals surface area contributed by atoms with Gasteiger partial charge in [-0.25, -0.2) is 9.66 Å². The van der Waals surface area contributed by atoms with E-state index in [0.717, 1.165) is 37.6 Å². The lowest BCUT2D eigenvalue weighted by Gasteiger charge is -2.20. The standard InChI is InChI=1S/C11H18N4O/c12-10-9(7-3-5-16-6-4-7)14-11(15(10)13)8-1-2-8/h7-8H,1-6,12-13H2. The average molecular weight is 222 g/mol. The van der Waals surface area contributed by atoms with Crippen LogP contribution < -0.4 is 11.6 Å². The molecule has 16 heavy (non-hydrogen) atoms. The highest BCUT2D eigenvalue weighted by Crippen LogP contribution is 2.41. The molecule has 88 valence electrons. The van der Waals surface area contributed by atoms with Crippen LogP contribution >= 0.6 is 0 Å². The van der Waals surface area contributed by atoms with Crippen molar-refractivity contribution in [2.45, 2.75) is 37.5 Å². The van der Waals surface area contributed by atoms with Crippen LogP contribution in [0.25, 0.3) is 0 Å². The van der Waals surface area contributed by atoms with E-state index in [1.807, 2.05) is 0 Å². The van der Waals surface area contributed by atoms with E-state index in [9.17, 15) is 0 Å². The third-order valence-corrected chi connectivity index (χ3v) is 3.55. The van der Waals surface area contributed by atoms with Crippen molar-refractivity contribution in [2.24, 2.45) is 0 Å². The lowest BCUT2D eigenvalue weighted by molar-refractivity contribution is 0.0847. The summed E-state index contributed by atoms with van der Waals surface area (Å²) in [6, 6.07) is 0. The van der Waals surface area contributed by atoms with Crippen LogP contribution in [0, 0.1) is 0 Å². The number of hydrogen-bond donors (Lipinski definition) is 2. The Labute approximate surface area is 94.7 Å². The molecule has 0 bridgehead atoms. The van der Waals surface area contributed by atoms with E-state index in [4.69, 9.17) is 16.3 Å². The minimum Gasteiger partial charge on any atom is -0.382 e. The summed E-state index contributed by atoms with van der Waals surface area (Å²) in [6.07, 6.45) is 4.40. The van der Waals surface area contributed by atoms with Gasteiger partial charge >= 0.3 is 0 Å². The fraction of sp³-hybridized carbons (Fsp3) is 0.727. The summed E-state index contributed by atoms with van der Waals surface area (Å²) >= 11 is 0. The number of nitrogen functional groups attached to an aromatic ring is 2. The molecule has 1 aliphatic heterocycles. The Kier molecular flexibility index (Phi) is 2.28. The van der Waals surface area contributed by atoms with Crippen molar-refractivity contribution in [3.8, 4) is 0 Å². The second kappa shape index (κ2) is 3.66. The summed E-state index contributed by atoms with van der Waals surface area (Å²) in [5.41, 5.74) is 7.03. The predicted molar refractivity (Wildman–Crippen MR) is 61.6 cm³/mol. The molecular weight excluding hydrogens is 204 g/mol. The molecule has 0 aromatic carbocycles. The summed E-state index contributed by atoms with van der Waals surface area (Å²) in [5, 5.41) is 0. The van der Waals surface area contributed by atoms with Crippen molar-refractivity contribution in [3.63, 3.8) is 0 Å². The molecule has 4 N–H and O–H groups in total. The molecule has 2 fully saturated rings. The topological polar surface area (TPSA) is 79.1 Å². The number of hydrogen-bond acceptors (Lipinski definition) is 4. The summed E-state index contributed by atoms with van der Waals surface area (Å²) < 4.78 is 6.94. The Hall–Kier alpha value is -1.23. The van der Waals surface area contributed by atoms with Crippen molar-refractivity contribution >= 4 is 5.82 Å². The number of anilines is 1. The van der Waals surface area contributed by atoms with Crippen LogP contribution in [0.5, 0.6) is 0 Å². The summed E-state index contributed by atoms with van der Waals surface area (Å²) in [7, 11) is 0. The number of nitrogens with zero attached hydrogens (tertiary/aromatic N) is 2. The highest BCUT2D eigenvalue weighted by atomic mass is 16.5. The molecule has 1 aromatic heterocycles. The monoisotopic (exact) mass is 222 g/mol. The van der Waals surface area contributed by atoms with Crippen LogP contribution in [0.15, 0.2) is 0 Å². The van der Waals surface area contributed by atoms with Crippen LogP contribution in [0.3, 0.4) is 0 Å². The van der Waals surface area contributed by atoms with Gasteiger partial charge in [0.05, 0.1) is 5.69 Å². The Bertz CT molecular complexity index is 391. The van der Waals surface area contributed by atoms with Crippen molar-refractivity contribution in [3.05, 3.63) is 11.5 Å². The molecule has 0 atom stereocenters. The smallest absolute Gasteiger partial charge is 0.146 e. The second-order valence-corrected chi connectivity index (χ2v) is 4.77. The molecule has 5 heteroatoms. The highest BCUT2D eigenvalue weighted by Gasteiger charge is 2.32. The quantitative estimate of drug-likeness (QED) is 0.730. The van der Waals surface area contributed by atoms with Crippen LogP contribution in [-0.4, -0.2) is 22.9 Å². The molecular formula is C11H18N4O. The zero-order valence-electron chi connectivity index (χ0n) is 9.35. The second-order valence-electron chi connectivity index (χ2n) is 4.77. The van der Waals surface area contributed by atoms with Gasteiger partial charge in [0.1, 0.15) is 11.6 Å². The van der Waals surface area contributed by atoms with Gasteiger partial charge in [0, 0.05) is 25.0 Å². The van der Waals surface area contributed by atoms with Gasteiger partial charge in [0.2, 0.25) is 0 Å². The van der Waals surface area contributed by atoms with Gasteiger partial charge in [0.15, 0.2) is 0 Å². The Balaban J connectivity index is 1.90. The predicted octanol–water partition coefficient (Wildman–Crippen LogP) is 0.950. The SMILES string of the molecule is Nc1c(C2CCOCC2)nc(C2CC2)n1N. The average Bonchev–Trinajstić information content (AvgIpc) is 3.10. The highest BCUT2D eigenvalue weighted by molar-refractivity contribution is 5.42. The molecule has 1 aliphatic carbocycles. The van der Waals surface area contributed by atoms with Gasteiger partial charge in [-0.3, -0.25) is 0 Å². The molecule has 0 spiro atoms. The number of rotatable bonds is 2. The van der Waals surface area contributed by atoms with Gasteiger partial charge < -0.3 is 16.3 Å². The van der Waals surface area contributed by atoms with Gasteiger partial charge in [-0.2, -0.15) is 0 Å². The van der Waals surface area contributed by atoms with E-state index in [0.29, 0.717) is 17.7 Å². The van der Waals surface area contributed by atoms with Crippen molar-refractivity contribution in [2.75, 3.05) is 24.8 Å². The van der Waals surface area contributed by atoms with Crippen molar-refractivity contribution in [1.29, 1.82) is 0 Å². The first-order valence-electron chi connectivity index (χ1n) is 5.98. The van der Waals surface area contributed by atoms with Crippen LogP contribution in [-0.2, 0) is 4.74 Å². The van der Waals surface area contributed by atoms with E-state index in [-0.39, 0.29) is 0 Å². The summed E-state index contributed by atoms with van der Waals surface area (Å²) in [5.74, 6) is 8.54. The van der Waals surface area contributed by atoms with E-state index in [1.54, 1.807) is 4.68 Å². The third kappa shape index (κ3) is 1.55. The maximum atomic E-state index is 6.03. The van der Waals surface area contributed by atoms with Gasteiger partial charge in [-0.05, 0) is 25.7 Å². The first-order chi connectivity index (χ1) is 7.77. The normalized spacial score (nSPS) is 22.5. The van der Waals surface area contributed by atoms with Crippen LogP contribution in [0.4, 0.5) is 5.82 Å². The molecule has 0 radical (unpaired) electrons. The Morgan fingerprint density at radius 3 is 2.44 bits per heavy atom. The van der Waals surface area contributed by atoms with E-state index in [2.05, 4.69) is 4.98 Å². The van der Waals surface area contributed by atoms with E-state index < -0.39 is 0 Å². The summed E-state index contributed by atoms with van der Waals surface area (Å²) in [6.45, 7) is 1.61. The molecule has 0 amide bonds. The number of nitrogens with two attached hydrogens (primary N) is 2. The Morgan fingerprint density at radius 2 is 1.81 bits per heavy atom. The van der Waals surface area contributed by atoms with Gasteiger partial charge in [0.25, 0.3) is 0 Å². The lowest BCUT2D eigenvalue weighted by atomic mass is 9.96. The minimum atomic E-state index is 0.427. The maximum absolute atomic E-state index is 6.03. The molecule has 3 rings (SSSR count). The fourth-order valence-electron chi connectivity index (χ4n) is 2.38. The first-order valence-corrected chi connectivity index (χ1v) is 5.98. The van der Waals surface area contributed by atoms with Crippen LogP contribution in [0.2, 0.25) is 0 Å². The first kappa shape index (κ1) is 9.96. The fourth-order valence-corrected chi connectivity index (χ4v) is 2.38. The molecule has 5 nitrogen and oxygen atoms in total. The molecule has 1 aromatic rings. The maximum Gasteiger partial charge on any atom is 0.146 e. The summed E-state index contributed by atoms with van der Waals surface area (Å²) in [4.78, 5) is 4.65. The zero-order valence-corrected chi connectivity index (χ0v) is 9.35. The number of imidazole rings is 1. The van der Waals surface area contributed by atoms with E-state index >= 15 is 0 Å². The van der Waals surface area contributed by atoms with E-state index in [1.165, 1.54) is 12.8 Å². The molecule has 2 heterocycles. The van der Waals surface area contributed by atoms with Crippen molar-refractivity contribution < 1.29 is 4.74 Å². The third-order valence-electron chi connectivity index (χ3n) is 3.55. The minimum absolute atomic E-state index is 0.427. The van der Waals surface area contributed by atoms with Gasteiger partial charge in [-0.1, -0.05) is 0 Å². The lowest BCUT2D eigenvalue weighted by Crippen LogP contribution is -2.17. The van der Waals surface area contributed by atoms with Crippen LogP contribution in [0.1, 0.15) is 49.0 Å². The molecule has 1 saturated heterocycles. The largest absolute Gasteiger partial charge is 0.382 e. The Morgan fingerprint density at radius 1 is 1.12 bits per heavy atom. The molecule has 1 saturated carbocycles. The number of aromatic nitrogens is 2. The number of ether oxygens (including phenoxy) is 1. The zero-order chi connectivity index (χ0) is 11.1. The molecule has 2 aliphatic rings.